The first-order valence-corrected chi connectivity index (χ1v) is 11.7. The third-order valence-electron chi connectivity index (χ3n) is 6.42. The molecule has 13 heteroatoms. The maximum absolute atomic E-state index is 13.5. The molecule has 0 bridgehead atoms. The maximum Gasteiger partial charge on any atom is 0.291 e. The number of anilines is 1. The van der Waals surface area contributed by atoms with Crippen LogP contribution in [0.15, 0.2) is 0 Å². The fourth-order valence-corrected chi connectivity index (χ4v) is 5.15. The van der Waals surface area contributed by atoms with E-state index < -0.39 is 23.3 Å². The van der Waals surface area contributed by atoms with Gasteiger partial charge in [-0.05, 0) is 37.5 Å². The minimum absolute atomic E-state index is 0.0247. The van der Waals surface area contributed by atoms with E-state index in [-0.39, 0.29) is 41.4 Å². The minimum atomic E-state index is -2.78. The van der Waals surface area contributed by atoms with Gasteiger partial charge in [-0.3, -0.25) is 19.6 Å². The zero-order valence-electron chi connectivity index (χ0n) is 17.6. The van der Waals surface area contributed by atoms with E-state index in [4.69, 9.17) is 0 Å². The second-order valence-electron chi connectivity index (χ2n) is 8.86. The Hall–Kier alpha value is -2.57. The molecule has 1 N–H and O–H groups in total. The smallest absolute Gasteiger partial charge is 0.291 e. The van der Waals surface area contributed by atoms with Crippen molar-refractivity contribution in [2.24, 2.45) is 5.92 Å². The summed E-state index contributed by atoms with van der Waals surface area (Å²) in [4.78, 5) is 27.9. The monoisotopic (exact) mass is 486 g/mol. The van der Waals surface area contributed by atoms with Crippen molar-refractivity contribution >= 4 is 28.3 Å². The molecule has 178 valence electrons. The minimum Gasteiger partial charge on any atom is -0.335 e. The van der Waals surface area contributed by atoms with Gasteiger partial charge in [0.25, 0.3) is 18.2 Å². The first-order chi connectivity index (χ1) is 15.7. The number of hydrogen-bond donors (Lipinski definition) is 1. The molecule has 2 aromatic heterocycles. The van der Waals surface area contributed by atoms with E-state index in [0.29, 0.717) is 55.1 Å². The fourth-order valence-electron chi connectivity index (χ4n) is 4.55. The van der Waals surface area contributed by atoms with E-state index in [1.807, 2.05) is 0 Å². The molecule has 33 heavy (non-hydrogen) atoms. The first-order valence-electron chi connectivity index (χ1n) is 10.9. The first kappa shape index (κ1) is 22.2. The molecule has 3 aliphatic rings. The summed E-state index contributed by atoms with van der Waals surface area (Å²) in [5, 5.41) is 13.2. The summed E-state index contributed by atoms with van der Waals surface area (Å²) >= 11 is 0.582. The van der Waals surface area contributed by atoms with Crippen LogP contribution in [0, 0.1) is 5.92 Å². The number of nitrogens with one attached hydrogen (secondary N) is 1. The van der Waals surface area contributed by atoms with Gasteiger partial charge in [-0.15, -0.1) is 10.2 Å². The van der Waals surface area contributed by atoms with Gasteiger partial charge >= 0.3 is 0 Å². The lowest BCUT2D eigenvalue weighted by molar-refractivity contribution is -0.0482. The van der Waals surface area contributed by atoms with Crippen LogP contribution in [0.4, 0.5) is 22.7 Å². The molecule has 8 nitrogen and oxygen atoms in total. The predicted molar refractivity (Wildman–Crippen MR) is 110 cm³/mol. The Bertz CT molecular complexity index is 1070. The van der Waals surface area contributed by atoms with Crippen LogP contribution in [0.25, 0.3) is 0 Å². The zero-order valence-corrected chi connectivity index (χ0v) is 18.4. The fraction of sp³-hybridized carbons (Fsp3) is 0.650. The standard InChI is InChI=1S/C20H22F4N6O2S/c21-15(22)17-26-27-19(33-17)25-16(31)13-12(11-1-2-11)14-18(32)29(7-8-30(14)28-13)9-10-3-5-20(23,24)6-4-10/h10-11,15H,1-9H2,(H,25,27,31). The van der Waals surface area contributed by atoms with Gasteiger partial charge in [-0.25, -0.2) is 17.6 Å². The van der Waals surface area contributed by atoms with Gasteiger partial charge in [0.2, 0.25) is 11.1 Å². The summed E-state index contributed by atoms with van der Waals surface area (Å²) in [6.45, 7) is 1.19. The molecule has 0 spiro atoms. The second kappa shape index (κ2) is 8.33. The van der Waals surface area contributed by atoms with E-state index >= 15 is 0 Å². The molecule has 0 saturated heterocycles. The molecule has 2 saturated carbocycles. The van der Waals surface area contributed by atoms with Crippen molar-refractivity contribution < 1.29 is 27.2 Å². The number of amides is 2. The maximum atomic E-state index is 13.5. The van der Waals surface area contributed by atoms with Gasteiger partial charge in [0.1, 0.15) is 5.69 Å². The van der Waals surface area contributed by atoms with Gasteiger partial charge in [-0.1, -0.05) is 11.3 Å². The number of hydrogen-bond acceptors (Lipinski definition) is 6. The van der Waals surface area contributed by atoms with Crippen molar-refractivity contribution in [2.45, 2.75) is 63.3 Å². The van der Waals surface area contributed by atoms with Crippen molar-refractivity contribution in [1.29, 1.82) is 0 Å². The molecular weight excluding hydrogens is 464 g/mol. The van der Waals surface area contributed by atoms with Gasteiger partial charge < -0.3 is 4.90 Å². The number of fused-ring (bicyclic) bond motifs is 1. The largest absolute Gasteiger partial charge is 0.335 e. The average molecular weight is 486 g/mol. The molecule has 3 heterocycles. The number of rotatable bonds is 6. The van der Waals surface area contributed by atoms with Crippen LogP contribution in [0.5, 0.6) is 0 Å². The van der Waals surface area contributed by atoms with Crippen LogP contribution in [-0.2, 0) is 6.54 Å². The summed E-state index contributed by atoms with van der Waals surface area (Å²) in [5.41, 5.74) is 1.02. The number of aromatic nitrogens is 4. The van der Waals surface area contributed by atoms with Crippen LogP contribution >= 0.6 is 11.3 Å². The third-order valence-corrected chi connectivity index (χ3v) is 7.27. The third kappa shape index (κ3) is 4.46. The molecule has 5 rings (SSSR count). The lowest BCUT2D eigenvalue weighted by Gasteiger charge is -2.34. The number of halogens is 4. The SMILES string of the molecule is O=C(Nc1nnc(C(F)F)s1)c1nn2c(c1C1CC1)C(=O)N(CC1CCC(F)(F)CC1)CC2. The number of carbonyl (C=O) groups is 2. The van der Waals surface area contributed by atoms with Crippen LogP contribution in [0.2, 0.25) is 0 Å². The van der Waals surface area contributed by atoms with Crippen molar-refractivity contribution in [3.63, 3.8) is 0 Å². The van der Waals surface area contributed by atoms with Crippen molar-refractivity contribution in [2.75, 3.05) is 18.4 Å². The summed E-state index contributed by atoms with van der Waals surface area (Å²) in [5.74, 6) is -3.44. The Morgan fingerprint density at radius 2 is 1.88 bits per heavy atom. The Morgan fingerprint density at radius 3 is 2.52 bits per heavy atom. The lowest BCUT2D eigenvalue weighted by Crippen LogP contribution is -2.44. The Balaban J connectivity index is 1.35. The molecule has 0 atom stereocenters. The number of nitrogens with zero attached hydrogens (tertiary/aromatic N) is 5. The molecule has 2 amide bonds. The van der Waals surface area contributed by atoms with Gasteiger partial charge in [-0.2, -0.15) is 5.10 Å². The Morgan fingerprint density at radius 1 is 1.15 bits per heavy atom. The van der Waals surface area contributed by atoms with Crippen LogP contribution in [0.3, 0.4) is 0 Å². The number of alkyl halides is 4. The van der Waals surface area contributed by atoms with Crippen LogP contribution in [0.1, 0.15) is 82.4 Å². The molecule has 0 radical (unpaired) electrons. The molecule has 2 aromatic rings. The van der Waals surface area contributed by atoms with Gasteiger partial charge in [0.05, 0.1) is 6.54 Å². The van der Waals surface area contributed by atoms with Gasteiger partial charge in [0.15, 0.2) is 10.7 Å². The topological polar surface area (TPSA) is 93.0 Å². The molecule has 0 aromatic carbocycles. The van der Waals surface area contributed by atoms with Crippen LogP contribution in [-0.4, -0.2) is 55.7 Å². The lowest BCUT2D eigenvalue weighted by atomic mass is 9.86. The molecule has 1 aliphatic heterocycles. The van der Waals surface area contributed by atoms with E-state index in [0.717, 1.165) is 12.8 Å². The van der Waals surface area contributed by atoms with E-state index in [1.54, 1.807) is 4.90 Å². The highest BCUT2D eigenvalue weighted by Crippen LogP contribution is 2.45. The van der Waals surface area contributed by atoms with Crippen LogP contribution < -0.4 is 5.32 Å². The van der Waals surface area contributed by atoms with Crippen molar-refractivity contribution in [1.82, 2.24) is 24.9 Å². The summed E-state index contributed by atoms with van der Waals surface area (Å²) in [6, 6.07) is 0. The van der Waals surface area contributed by atoms with Gasteiger partial charge in [0, 0.05) is 31.5 Å². The Kier molecular flexibility index (Phi) is 5.61. The molecular formula is C20H22F4N6O2S. The second-order valence-corrected chi connectivity index (χ2v) is 9.87. The highest BCUT2D eigenvalue weighted by Gasteiger charge is 2.41. The zero-order chi connectivity index (χ0) is 23.3. The summed E-state index contributed by atoms with van der Waals surface area (Å²) < 4.78 is 54.0. The number of carbonyl (C=O) groups excluding carboxylic acids is 2. The summed E-state index contributed by atoms with van der Waals surface area (Å²) in [6.07, 6.45) is -0.712. The van der Waals surface area contributed by atoms with E-state index in [2.05, 4.69) is 20.6 Å². The molecule has 0 unspecified atom stereocenters. The van der Waals surface area contributed by atoms with Crippen molar-refractivity contribution in [3.05, 3.63) is 22.0 Å². The summed E-state index contributed by atoms with van der Waals surface area (Å²) in [7, 11) is 0. The van der Waals surface area contributed by atoms with E-state index in [9.17, 15) is 27.2 Å². The quantitative estimate of drug-likeness (QED) is 0.621. The highest BCUT2D eigenvalue weighted by atomic mass is 32.1. The molecule has 2 aliphatic carbocycles. The molecule has 2 fully saturated rings. The Labute approximate surface area is 190 Å². The normalized spacial score (nSPS) is 20.9. The average Bonchev–Trinajstić information content (AvgIpc) is 3.35. The highest BCUT2D eigenvalue weighted by molar-refractivity contribution is 7.15. The van der Waals surface area contributed by atoms with Crippen molar-refractivity contribution in [3.8, 4) is 0 Å². The predicted octanol–water partition coefficient (Wildman–Crippen LogP) is 4.08. The van der Waals surface area contributed by atoms with E-state index in [1.165, 1.54) is 4.68 Å².